The number of rotatable bonds is 7. The van der Waals surface area contributed by atoms with Gasteiger partial charge in [-0.2, -0.15) is 0 Å². The highest BCUT2D eigenvalue weighted by Crippen LogP contribution is 2.35. The lowest BCUT2D eigenvalue weighted by Gasteiger charge is -2.14. The Morgan fingerprint density at radius 3 is 2.14 bits per heavy atom. The van der Waals surface area contributed by atoms with Crippen LogP contribution < -0.4 is 18.9 Å². The van der Waals surface area contributed by atoms with E-state index in [9.17, 15) is 17.2 Å². The summed E-state index contributed by atoms with van der Waals surface area (Å²) in [5.41, 5.74) is 0.0815. The molecule has 152 valence electrons. The van der Waals surface area contributed by atoms with Crippen LogP contribution in [0.2, 0.25) is 0 Å². The highest BCUT2D eigenvalue weighted by molar-refractivity contribution is 7.92. The molecule has 29 heavy (non-hydrogen) atoms. The summed E-state index contributed by atoms with van der Waals surface area (Å²) in [6.07, 6.45) is 0. The molecule has 0 unspecified atom stereocenters. The molecular formula is C20H17F2NO5S. The molecule has 0 saturated carbocycles. The molecule has 0 bridgehead atoms. The van der Waals surface area contributed by atoms with Crippen LogP contribution in [0.25, 0.3) is 0 Å². The van der Waals surface area contributed by atoms with E-state index in [1.165, 1.54) is 32.4 Å². The maximum absolute atomic E-state index is 13.9. The highest BCUT2D eigenvalue weighted by Gasteiger charge is 2.21. The lowest BCUT2D eigenvalue weighted by molar-refractivity contribution is 0.378. The van der Waals surface area contributed by atoms with Crippen LogP contribution in [0.5, 0.6) is 23.0 Å². The Kier molecular flexibility index (Phi) is 5.88. The number of hydrogen-bond acceptors (Lipinski definition) is 5. The Balaban J connectivity index is 1.90. The first-order chi connectivity index (χ1) is 13.8. The van der Waals surface area contributed by atoms with Gasteiger partial charge in [0.25, 0.3) is 10.0 Å². The smallest absolute Gasteiger partial charge is 0.264 e. The van der Waals surface area contributed by atoms with Gasteiger partial charge in [0.2, 0.25) is 0 Å². The van der Waals surface area contributed by atoms with Crippen molar-refractivity contribution in [3.63, 3.8) is 0 Å². The van der Waals surface area contributed by atoms with Crippen molar-refractivity contribution >= 4 is 15.7 Å². The Morgan fingerprint density at radius 1 is 0.793 bits per heavy atom. The Morgan fingerprint density at radius 2 is 1.48 bits per heavy atom. The zero-order valence-electron chi connectivity index (χ0n) is 15.5. The zero-order chi connectivity index (χ0) is 21.0. The summed E-state index contributed by atoms with van der Waals surface area (Å²) in [7, 11) is -1.39. The van der Waals surface area contributed by atoms with Gasteiger partial charge in [-0.1, -0.05) is 0 Å². The van der Waals surface area contributed by atoms with Gasteiger partial charge in [-0.15, -0.1) is 0 Å². The third-order valence-corrected chi connectivity index (χ3v) is 5.28. The summed E-state index contributed by atoms with van der Waals surface area (Å²) < 4.78 is 70.5. The molecule has 0 aromatic heterocycles. The van der Waals surface area contributed by atoms with Crippen LogP contribution in [-0.4, -0.2) is 22.6 Å². The van der Waals surface area contributed by atoms with Crippen LogP contribution in [0.4, 0.5) is 14.5 Å². The van der Waals surface area contributed by atoms with E-state index in [1.54, 1.807) is 24.3 Å². The number of methoxy groups -OCH3 is 2. The fraction of sp³-hybridized carbons (Fsp3) is 0.100. The molecule has 0 amide bonds. The SMILES string of the molecule is COc1ccc(Oc2cc(NS(=O)(=O)c3cc(F)ccc3F)ccc2OC)cc1. The van der Waals surface area contributed by atoms with Crippen molar-refractivity contribution < 1.29 is 31.4 Å². The quantitative estimate of drug-likeness (QED) is 0.605. The van der Waals surface area contributed by atoms with E-state index in [4.69, 9.17) is 14.2 Å². The van der Waals surface area contributed by atoms with E-state index in [-0.39, 0.29) is 11.4 Å². The molecule has 0 heterocycles. The molecule has 3 aromatic carbocycles. The number of hydrogen-bond donors (Lipinski definition) is 1. The first-order valence-corrected chi connectivity index (χ1v) is 9.78. The van der Waals surface area contributed by atoms with E-state index in [1.807, 2.05) is 0 Å². The van der Waals surface area contributed by atoms with Gasteiger partial charge in [0.05, 0.1) is 19.9 Å². The van der Waals surface area contributed by atoms with Crippen molar-refractivity contribution in [2.45, 2.75) is 4.90 Å². The largest absolute Gasteiger partial charge is 0.497 e. The van der Waals surface area contributed by atoms with Gasteiger partial charge in [0, 0.05) is 6.07 Å². The molecule has 0 radical (unpaired) electrons. The molecule has 9 heteroatoms. The second-order valence-electron chi connectivity index (χ2n) is 5.82. The normalized spacial score (nSPS) is 11.0. The van der Waals surface area contributed by atoms with E-state index >= 15 is 0 Å². The Bertz CT molecular complexity index is 1120. The first-order valence-electron chi connectivity index (χ1n) is 8.30. The van der Waals surface area contributed by atoms with Gasteiger partial charge in [0.1, 0.15) is 28.0 Å². The molecule has 0 aliphatic heterocycles. The minimum atomic E-state index is -4.36. The van der Waals surface area contributed by atoms with Crippen molar-refractivity contribution in [2.24, 2.45) is 0 Å². The summed E-state index contributed by atoms with van der Waals surface area (Å²) in [6.45, 7) is 0. The van der Waals surface area contributed by atoms with Crippen LogP contribution in [0.1, 0.15) is 0 Å². The van der Waals surface area contributed by atoms with E-state index in [0.717, 1.165) is 12.1 Å². The van der Waals surface area contributed by atoms with E-state index < -0.39 is 26.6 Å². The van der Waals surface area contributed by atoms with Crippen LogP contribution in [0.3, 0.4) is 0 Å². The minimum Gasteiger partial charge on any atom is -0.497 e. The number of nitrogens with one attached hydrogen (secondary N) is 1. The van der Waals surface area contributed by atoms with Crippen LogP contribution in [0, 0.1) is 11.6 Å². The highest BCUT2D eigenvalue weighted by atomic mass is 32.2. The summed E-state index contributed by atoms with van der Waals surface area (Å²) in [6, 6.07) is 13.2. The zero-order valence-corrected chi connectivity index (χ0v) is 16.3. The lowest BCUT2D eigenvalue weighted by Crippen LogP contribution is -2.15. The monoisotopic (exact) mass is 421 g/mol. The summed E-state index contributed by atoms with van der Waals surface area (Å²) in [5, 5.41) is 0. The first kappa shape index (κ1) is 20.4. The van der Waals surface area contributed by atoms with Crippen molar-refractivity contribution in [3.8, 4) is 23.0 Å². The predicted molar refractivity (Wildman–Crippen MR) is 103 cm³/mol. The maximum Gasteiger partial charge on any atom is 0.264 e. The summed E-state index contributed by atoms with van der Waals surface area (Å²) in [5.74, 6) is -0.270. The molecular weight excluding hydrogens is 404 g/mol. The van der Waals surface area contributed by atoms with E-state index in [2.05, 4.69) is 4.72 Å². The molecule has 1 N–H and O–H groups in total. The summed E-state index contributed by atoms with van der Waals surface area (Å²) in [4.78, 5) is -0.800. The van der Waals surface area contributed by atoms with Crippen molar-refractivity contribution in [2.75, 3.05) is 18.9 Å². The van der Waals surface area contributed by atoms with Gasteiger partial charge < -0.3 is 14.2 Å². The topological polar surface area (TPSA) is 73.9 Å². The van der Waals surface area contributed by atoms with Gasteiger partial charge in [0.15, 0.2) is 11.5 Å². The van der Waals surface area contributed by atoms with Crippen LogP contribution in [0.15, 0.2) is 65.6 Å². The Hall–Kier alpha value is -3.33. The minimum absolute atomic E-state index is 0.0815. The fourth-order valence-corrected chi connectivity index (χ4v) is 3.62. The average molecular weight is 421 g/mol. The molecule has 0 atom stereocenters. The predicted octanol–water partition coefficient (Wildman–Crippen LogP) is 4.58. The van der Waals surface area contributed by atoms with Gasteiger partial charge >= 0.3 is 0 Å². The molecule has 0 aliphatic rings. The number of halogens is 2. The van der Waals surface area contributed by atoms with Crippen molar-refractivity contribution in [3.05, 3.63) is 72.3 Å². The van der Waals surface area contributed by atoms with Crippen molar-refractivity contribution in [1.82, 2.24) is 0 Å². The third kappa shape index (κ3) is 4.75. The lowest BCUT2D eigenvalue weighted by atomic mass is 10.2. The Labute approximate surface area is 166 Å². The number of anilines is 1. The maximum atomic E-state index is 13.9. The molecule has 0 fully saturated rings. The van der Waals surface area contributed by atoms with Crippen LogP contribution >= 0.6 is 0 Å². The van der Waals surface area contributed by atoms with Gasteiger partial charge in [-0.3, -0.25) is 4.72 Å². The van der Waals surface area contributed by atoms with Gasteiger partial charge in [-0.05, 0) is 54.6 Å². The van der Waals surface area contributed by atoms with E-state index in [0.29, 0.717) is 23.3 Å². The molecule has 0 saturated heterocycles. The number of benzene rings is 3. The second kappa shape index (κ2) is 8.36. The molecule has 6 nitrogen and oxygen atoms in total. The third-order valence-electron chi connectivity index (χ3n) is 3.89. The van der Waals surface area contributed by atoms with Crippen molar-refractivity contribution in [1.29, 1.82) is 0 Å². The average Bonchev–Trinajstić information content (AvgIpc) is 2.70. The molecule has 3 aromatic rings. The summed E-state index contributed by atoms with van der Waals surface area (Å²) >= 11 is 0. The second-order valence-corrected chi connectivity index (χ2v) is 7.47. The number of sulfonamides is 1. The molecule has 0 aliphatic carbocycles. The fourth-order valence-electron chi connectivity index (χ4n) is 2.48. The number of ether oxygens (including phenoxy) is 3. The molecule has 0 spiro atoms. The standard InChI is InChI=1S/C20H17F2NO5S/c1-26-15-5-7-16(8-6-15)28-19-12-14(4-10-18(19)27-2)23-29(24,25)20-11-13(21)3-9-17(20)22/h3-12,23H,1-2H3. The van der Waals surface area contributed by atoms with Gasteiger partial charge in [-0.25, -0.2) is 17.2 Å². The van der Waals surface area contributed by atoms with Crippen LogP contribution in [-0.2, 0) is 10.0 Å². The molecule has 3 rings (SSSR count).